The fourth-order valence-corrected chi connectivity index (χ4v) is 4.43. The third-order valence-electron chi connectivity index (χ3n) is 3.95. The van der Waals surface area contributed by atoms with Crippen LogP contribution in [0.15, 0.2) is 17.2 Å². The summed E-state index contributed by atoms with van der Waals surface area (Å²) in [5, 5.41) is 0. The number of sulfonamides is 1. The maximum Gasteiger partial charge on any atom is 0.244 e. The maximum absolute atomic E-state index is 12.6. The minimum atomic E-state index is -3.39. The summed E-state index contributed by atoms with van der Waals surface area (Å²) in [6.07, 6.45) is 2.42. The standard InChI is InChI=1S/C13H22ClN3O2S/c1-3-16(4-2)12-5-6-17(10-12)20(18,19)13-7-11(8-14)15-9-13/h7,9,12,15H,3-6,8,10H2,1-2H3. The molecule has 1 unspecified atom stereocenters. The van der Waals surface area contributed by atoms with E-state index in [2.05, 4.69) is 23.7 Å². The molecule has 1 aromatic heterocycles. The molecule has 1 aliphatic heterocycles. The van der Waals surface area contributed by atoms with Crippen LogP contribution in [-0.2, 0) is 15.9 Å². The summed E-state index contributed by atoms with van der Waals surface area (Å²) in [5.41, 5.74) is 0.727. The topological polar surface area (TPSA) is 56.4 Å². The number of halogens is 1. The van der Waals surface area contributed by atoms with E-state index in [0.717, 1.165) is 25.2 Å². The molecule has 0 radical (unpaired) electrons. The Bertz CT molecular complexity index is 540. The monoisotopic (exact) mass is 319 g/mol. The number of rotatable bonds is 6. The zero-order valence-corrected chi connectivity index (χ0v) is 13.5. The van der Waals surface area contributed by atoms with Gasteiger partial charge < -0.3 is 4.98 Å². The smallest absolute Gasteiger partial charge is 0.244 e. The van der Waals surface area contributed by atoms with Crippen molar-refractivity contribution in [3.8, 4) is 0 Å². The summed E-state index contributed by atoms with van der Waals surface area (Å²) in [6, 6.07) is 1.94. The van der Waals surface area contributed by atoms with E-state index in [9.17, 15) is 8.42 Å². The molecule has 2 heterocycles. The Kier molecular flexibility index (Phi) is 5.12. The molecule has 1 atom stereocenters. The van der Waals surface area contributed by atoms with Gasteiger partial charge in [0.25, 0.3) is 0 Å². The molecule has 0 saturated carbocycles. The zero-order valence-electron chi connectivity index (χ0n) is 12.0. The molecular weight excluding hydrogens is 298 g/mol. The van der Waals surface area contributed by atoms with E-state index in [1.807, 2.05) is 0 Å². The first-order valence-electron chi connectivity index (χ1n) is 7.00. The van der Waals surface area contributed by atoms with Crippen LogP contribution in [0.25, 0.3) is 0 Å². The van der Waals surface area contributed by atoms with Crippen molar-refractivity contribution >= 4 is 21.6 Å². The summed E-state index contributed by atoms with van der Waals surface area (Å²) >= 11 is 5.71. The molecule has 2 rings (SSSR count). The number of nitrogens with zero attached hydrogens (tertiary/aromatic N) is 2. The Morgan fingerprint density at radius 1 is 1.45 bits per heavy atom. The predicted molar refractivity (Wildman–Crippen MR) is 80.4 cm³/mol. The van der Waals surface area contributed by atoms with Crippen molar-refractivity contribution in [2.24, 2.45) is 0 Å². The second-order valence-corrected chi connectivity index (χ2v) is 7.23. The number of aromatic amines is 1. The molecule has 1 N–H and O–H groups in total. The van der Waals surface area contributed by atoms with E-state index >= 15 is 0 Å². The Balaban J connectivity index is 2.12. The van der Waals surface area contributed by atoms with Gasteiger partial charge in [-0.15, -0.1) is 11.6 Å². The van der Waals surface area contributed by atoms with E-state index in [1.54, 1.807) is 10.4 Å². The van der Waals surface area contributed by atoms with Gasteiger partial charge in [-0.25, -0.2) is 8.42 Å². The van der Waals surface area contributed by atoms with Gasteiger partial charge in [0.1, 0.15) is 0 Å². The van der Waals surface area contributed by atoms with Crippen LogP contribution in [0, 0.1) is 0 Å². The predicted octanol–water partition coefficient (Wildman–Crippen LogP) is 1.86. The molecule has 20 heavy (non-hydrogen) atoms. The fraction of sp³-hybridized carbons (Fsp3) is 0.692. The first-order chi connectivity index (χ1) is 9.52. The second kappa shape index (κ2) is 6.47. The summed E-state index contributed by atoms with van der Waals surface area (Å²) in [4.78, 5) is 5.52. The van der Waals surface area contributed by atoms with Crippen molar-refractivity contribution in [2.75, 3.05) is 26.2 Å². The van der Waals surface area contributed by atoms with Crippen molar-refractivity contribution in [1.82, 2.24) is 14.2 Å². The number of aromatic nitrogens is 1. The Morgan fingerprint density at radius 2 is 2.15 bits per heavy atom. The zero-order chi connectivity index (χ0) is 14.8. The molecular formula is C13H22ClN3O2S. The minimum absolute atomic E-state index is 0.289. The third kappa shape index (κ3) is 3.03. The molecule has 0 amide bonds. The molecule has 7 heteroatoms. The molecule has 0 aliphatic carbocycles. The number of nitrogens with one attached hydrogen (secondary N) is 1. The maximum atomic E-state index is 12.6. The van der Waals surface area contributed by atoms with Gasteiger partial charge in [-0.2, -0.15) is 4.31 Å². The normalized spacial score (nSPS) is 20.9. The van der Waals surface area contributed by atoms with Crippen LogP contribution in [0.1, 0.15) is 26.0 Å². The first kappa shape index (κ1) is 15.8. The van der Waals surface area contributed by atoms with Gasteiger partial charge in [0.2, 0.25) is 10.0 Å². The summed E-state index contributed by atoms with van der Waals surface area (Å²) in [5.74, 6) is 0.289. The molecule has 1 fully saturated rings. The SMILES string of the molecule is CCN(CC)C1CCN(S(=O)(=O)c2c[nH]c(CCl)c2)C1. The highest BCUT2D eigenvalue weighted by molar-refractivity contribution is 7.89. The summed E-state index contributed by atoms with van der Waals surface area (Å²) < 4.78 is 26.7. The lowest BCUT2D eigenvalue weighted by Crippen LogP contribution is -2.38. The lowest BCUT2D eigenvalue weighted by atomic mass is 10.2. The Hall–Kier alpha value is -0.560. The van der Waals surface area contributed by atoms with E-state index < -0.39 is 10.0 Å². The van der Waals surface area contributed by atoms with E-state index in [0.29, 0.717) is 24.0 Å². The van der Waals surface area contributed by atoms with E-state index in [-0.39, 0.29) is 5.88 Å². The number of H-pyrrole nitrogens is 1. The molecule has 0 aromatic carbocycles. The highest BCUT2D eigenvalue weighted by atomic mass is 35.5. The van der Waals surface area contributed by atoms with Crippen molar-refractivity contribution in [2.45, 2.75) is 37.1 Å². The number of alkyl halides is 1. The van der Waals surface area contributed by atoms with Crippen LogP contribution in [0.5, 0.6) is 0 Å². The van der Waals surface area contributed by atoms with Crippen molar-refractivity contribution < 1.29 is 8.42 Å². The lowest BCUT2D eigenvalue weighted by molar-refractivity contribution is 0.224. The van der Waals surface area contributed by atoms with Gasteiger partial charge in [0, 0.05) is 31.0 Å². The number of hydrogen-bond donors (Lipinski definition) is 1. The van der Waals surface area contributed by atoms with E-state index in [1.165, 1.54) is 6.20 Å². The molecule has 0 spiro atoms. The quantitative estimate of drug-likeness (QED) is 0.814. The highest BCUT2D eigenvalue weighted by Gasteiger charge is 2.34. The summed E-state index contributed by atoms with van der Waals surface area (Å²) in [7, 11) is -3.39. The van der Waals surface area contributed by atoms with Crippen LogP contribution in [0.3, 0.4) is 0 Å². The average Bonchev–Trinajstić information content (AvgIpc) is 3.09. The van der Waals surface area contributed by atoms with Crippen LogP contribution in [-0.4, -0.2) is 54.8 Å². The van der Waals surface area contributed by atoms with Crippen LogP contribution in [0.2, 0.25) is 0 Å². The Labute approximate surface area is 126 Å². The minimum Gasteiger partial charge on any atom is -0.363 e. The van der Waals surface area contributed by atoms with Gasteiger partial charge in [-0.05, 0) is 25.6 Å². The van der Waals surface area contributed by atoms with E-state index in [4.69, 9.17) is 11.6 Å². The molecule has 114 valence electrons. The lowest BCUT2D eigenvalue weighted by Gasteiger charge is -2.25. The molecule has 0 bridgehead atoms. The van der Waals surface area contributed by atoms with Gasteiger partial charge >= 0.3 is 0 Å². The molecule has 1 saturated heterocycles. The average molecular weight is 320 g/mol. The molecule has 1 aromatic rings. The summed E-state index contributed by atoms with van der Waals surface area (Å²) in [6.45, 7) is 7.29. The van der Waals surface area contributed by atoms with Crippen molar-refractivity contribution in [1.29, 1.82) is 0 Å². The van der Waals surface area contributed by atoms with Crippen molar-refractivity contribution in [3.63, 3.8) is 0 Å². The van der Waals surface area contributed by atoms with Crippen LogP contribution in [0.4, 0.5) is 0 Å². The molecule has 5 nitrogen and oxygen atoms in total. The van der Waals surface area contributed by atoms with Gasteiger partial charge in [-0.3, -0.25) is 4.90 Å². The third-order valence-corrected chi connectivity index (χ3v) is 6.08. The first-order valence-corrected chi connectivity index (χ1v) is 8.97. The molecule has 1 aliphatic rings. The van der Waals surface area contributed by atoms with Gasteiger partial charge in [0.05, 0.1) is 10.8 Å². The number of hydrogen-bond acceptors (Lipinski definition) is 3. The number of likely N-dealkylation sites (N-methyl/N-ethyl adjacent to an activating group) is 1. The van der Waals surface area contributed by atoms with Crippen LogP contribution < -0.4 is 0 Å². The van der Waals surface area contributed by atoms with Gasteiger partial charge in [-0.1, -0.05) is 13.8 Å². The fourth-order valence-electron chi connectivity index (χ4n) is 2.76. The largest absolute Gasteiger partial charge is 0.363 e. The van der Waals surface area contributed by atoms with Gasteiger partial charge in [0.15, 0.2) is 0 Å². The second-order valence-electron chi connectivity index (χ2n) is 5.02. The van der Waals surface area contributed by atoms with Crippen LogP contribution >= 0.6 is 11.6 Å². The van der Waals surface area contributed by atoms with Crippen molar-refractivity contribution in [3.05, 3.63) is 18.0 Å². The highest BCUT2D eigenvalue weighted by Crippen LogP contribution is 2.24. The Morgan fingerprint density at radius 3 is 2.70 bits per heavy atom.